The molecule has 1 aliphatic heterocycles. The van der Waals surface area contributed by atoms with Crippen molar-refractivity contribution in [3.8, 4) is 11.5 Å². The van der Waals surface area contributed by atoms with Gasteiger partial charge in [-0.05, 0) is 45.5 Å². The summed E-state index contributed by atoms with van der Waals surface area (Å²) in [7, 11) is 0. The molecule has 29 heavy (non-hydrogen) atoms. The lowest BCUT2D eigenvalue weighted by atomic mass is 9.87. The number of benzene rings is 1. The van der Waals surface area contributed by atoms with Gasteiger partial charge in [-0.25, -0.2) is 0 Å². The quantitative estimate of drug-likeness (QED) is 0.541. The zero-order valence-corrected chi connectivity index (χ0v) is 17.0. The number of nitro groups is 1. The summed E-state index contributed by atoms with van der Waals surface area (Å²) in [5.41, 5.74) is 1.25. The van der Waals surface area contributed by atoms with Crippen LogP contribution < -0.4 is 14.4 Å². The number of rotatable bonds is 6. The van der Waals surface area contributed by atoms with Gasteiger partial charge in [0.05, 0.1) is 6.54 Å². The van der Waals surface area contributed by atoms with Crippen molar-refractivity contribution in [3.05, 3.63) is 52.1 Å². The first-order valence-electron chi connectivity index (χ1n) is 9.57. The van der Waals surface area contributed by atoms with Crippen LogP contribution in [0.2, 0.25) is 0 Å². The van der Waals surface area contributed by atoms with Crippen LogP contribution in [-0.2, 0) is 10.2 Å². The third-order valence-electron chi connectivity index (χ3n) is 4.75. The van der Waals surface area contributed by atoms with E-state index in [2.05, 4.69) is 25.8 Å². The van der Waals surface area contributed by atoms with Crippen LogP contribution in [0, 0.1) is 10.1 Å². The zero-order chi connectivity index (χ0) is 21.2. The summed E-state index contributed by atoms with van der Waals surface area (Å²) in [4.78, 5) is 28.6. The number of amides is 1. The first-order valence-corrected chi connectivity index (χ1v) is 9.57. The second-order valence-corrected chi connectivity index (χ2v) is 7.88. The largest absolute Gasteiger partial charge is 0.492 e. The average molecular weight is 399 g/mol. The Hall–Kier alpha value is -3.16. The van der Waals surface area contributed by atoms with Crippen molar-refractivity contribution in [2.75, 3.05) is 18.1 Å². The summed E-state index contributed by atoms with van der Waals surface area (Å²) in [5.74, 6) is 0.591. The fraction of sp³-hybridized carbons (Fsp3) is 0.429. The Balaban J connectivity index is 1.74. The molecule has 0 saturated carbocycles. The number of carbonyl (C=O) groups is 1. The molecule has 0 N–H and O–H groups in total. The normalized spacial score (nSPS) is 16.2. The van der Waals surface area contributed by atoms with Gasteiger partial charge < -0.3 is 19.6 Å². The van der Waals surface area contributed by atoms with Crippen molar-refractivity contribution in [1.82, 2.24) is 4.98 Å². The van der Waals surface area contributed by atoms with E-state index < -0.39 is 11.0 Å². The number of fused-ring (bicyclic) bond motifs is 1. The Labute approximate surface area is 169 Å². The molecule has 2 aromatic rings. The van der Waals surface area contributed by atoms with Crippen LogP contribution in [0.5, 0.6) is 11.5 Å². The average Bonchev–Trinajstić information content (AvgIpc) is 2.68. The molecular weight excluding hydrogens is 374 g/mol. The van der Waals surface area contributed by atoms with Crippen molar-refractivity contribution >= 4 is 17.5 Å². The third kappa shape index (κ3) is 4.47. The summed E-state index contributed by atoms with van der Waals surface area (Å²) in [6.07, 6.45) is -0.155. The minimum Gasteiger partial charge on any atom is -0.492 e. The van der Waals surface area contributed by atoms with Gasteiger partial charge in [0.25, 0.3) is 11.7 Å². The van der Waals surface area contributed by atoms with Crippen LogP contribution in [0.25, 0.3) is 0 Å². The van der Waals surface area contributed by atoms with E-state index in [1.165, 1.54) is 22.6 Å². The van der Waals surface area contributed by atoms with Crippen LogP contribution in [0.3, 0.4) is 0 Å². The summed E-state index contributed by atoms with van der Waals surface area (Å²) in [6, 6.07) is 10.6. The maximum absolute atomic E-state index is 12.7. The van der Waals surface area contributed by atoms with E-state index in [0.29, 0.717) is 17.9 Å². The van der Waals surface area contributed by atoms with E-state index in [0.717, 1.165) is 0 Å². The number of aromatic nitrogens is 1. The van der Waals surface area contributed by atoms with E-state index >= 15 is 0 Å². The van der Waals surface area contributed by atoms with Crippen molar-refractivity contribution in [3.63, 3.8) is 0 Å². The van der Waals surface area contributed by atoms with Crippen molar-refractivity contribution in [1.29, 1.82) is 0 Å². The molecule has 154 valence electrons. The minimum atomic E-state index is -0.642. The van der Waals surface area contributed by atoms with Gasteiger partial charge in [-0.1, -0.05) is 39.8 Å². The monoisotopic (exact) mass is 399 g/mol. The summed E-state index contributed by atoms with van der Waals surface area (Å²) >= 11 is 0. The lowest BCUT2D eigenvalue weighted by Crippen LogP contribution is -2.47. The molecule has 1 atom stereocenters. The molecule has 8 nitrogen and oxygen atoms in total. The maximum atomic E-state index is 12.7. The lowest BCUT2D eigenvalue weighted by Gasteiger charge is -2.30. The van der Waals surface area contributed by atoms with Gasteiger partial charge in [-0.3, -0.25) is 9.69 Å². The highest BCUT2D eigenvalue weighted by Gasteiger charge is 2.38. The topological polar surface area (TPSA) is 94.8 Å². The third-order valence-corrected chi connectivity index (χ3v) is 4.75. The maximum Gasteiger partial charge on any atom is 0.366 e. The minimum absolute atomic E-state index is 0.0536. The SMILES string of the molecule is CCC1Oc2ccc([N+](=O)[O-])nc2N(CCOc2ccc(C(C)(C)C)cc2)C1=O. The second kappa shape index (κ2) is 8.06. The summed E-state index contributed by atoms with van der Waals surface area (Å²) in [6.45, 7) is 8.70. The molecule has 1 amide bonds. The molecule has 0 saturated heterocycles. The van der Waals surface area contributed by atoms with E-state index in [1.807, 2.05) is 31.2 Å². The van der Waals surface area contributed by atoms with Gasteiger partial charge in [0, 0.05) is 6.07 Å². The van der Waals surface area contributed by atoms with Gasteiger partial charge in [-0.15, -0.1) is 0 Å². The molecule has 0 radical (unpaired) electrons. The van der Waals surface area contributed by atoms with E-state index in [4.69, 9.17) is 9.47 Å². The Morgan fingerprint density at radius 1 is 1.21 bits per heavy atom. The molecule has 1 aliphatic rings. The Bertz CT molecular complexity index is 906. The fourth-order valence-electron chi connectivity index (χ4n) is 3.07. The van der Waals surface area contributed by atoms with Crippen molar-refractivity contribution < 1.29 is 19.2 Å². The predicted octanol–water partition coefficient (Wildman–Crippen LogP) is 3.87. The van der Waals surface area contributed by atoms with Crippen LogP contribution >= 0.6 is 0 Å². The van der Waals surface area contributed by atoms with Gasteiger partial charge in [-0.2, -0.15) is 0 Å². The molecule has 8 heteroatoms. The number of pyridine rings is 1. The first-order chi connectivity index (χ1) is 13.7. The van der Waals surface area contributed by atoms with Crippen LogP contribution in [0.15, 0.2) is 36.4 Å². The number of ether oxygens (including phenoxy) is 2. The molecule has 1 unspecified atom stereocenters. The highest BCUT2D eigenvalue weighted by molar-refractivity contribution is 5.99. The molecule has 0 fully saturated rings. The molecule has 3 rings (SSSR count). The zero-order valence-electron chi connectivity index (χ0n) is 17.0. The van der Waals surface area contributed by atoms with Gasteiger partial charge in [0.15, 0.2) is 11.9 Å². The fourth-order valence-corrected chi connectivity index (χ4v) is 3.07. The number of hydrogen-bond donors (Lipinski definition) is 0. The molecule has 1 aromatic heterocycles. The molecule has 2 heterocycles. The highest BCUT2D eigenvalue weighted by atomic mass is 16.6. The Morgan fingerprint density at radius 3 is 2.48 bits per heavy atom. The molecular formula is C21H25N3O5. The lowest BCUT2D eigenvalue weighted by molar-refractivity contribution is -0.389. The summed E-state index contributed by atoms with van der Waals surface area (Å²) < 4.78 is 11.4. The van der Waals surface area contributed by atoms with Crippen molar-refractivity contribution in [2.24, 2.45) is 0 Å². The molecule has 0 aliphatic carbocycles. The number of nitrogens with zero attached hydrogens (tertiary/aromatic N) is 3. The van der Waals surface area contributed by atoms with Crippen LogP contribution in [0.4, 0.5) is 11.6 Å². The molecule has 1 aromatic carbocycles. The van der Waals surface area contributed by atoms with Gasteiger partial charge in [0.2, 0.25) is 0 Å². The van der Waals surface area contributed by atoms with Gasteiger partial charge in [0.1, 0.15) is 12.4 Å². The van der Waals surface area contributed by atoms with Crippen LogP contribution in [-0.4, -0.2) is 35.1 Å². The van der Waals surface area contributed by atoms with Crippen LogP contribution in [0.1, 0.15) is 39.7 Å². The Kier molecular flexibility index (Phi) is 5.72. The summed E-state index contributed by atoms with van der Waals surface area (Å²) in [5, 5.41) is 11.1. The second-order valence-electron chi connectivity index (χ2n) is 7.88. The molecule has 0 bridgehead atoms. The van der Waals surface area contributed by atoms with E-state index in [1.54, 1.807) is 0 Å². The first kappa shape index (κ1) is 20.6. The Morgan fingerprint density at radius 2 is 1.90 bits per heavy atom. The smallest absolute Gasteiger partial charge is 0.366 e. The van der Waals surface area contributed by atoms with E-state index in [9.17, 15) is 14.9 Å². The standard InChI is InChI=1S/C21H25N3O5/c1-5-16-20(25)23(19-17(29-16)10-11-18(22-19)24(26)27)12-13-28-15-8-6-14(7-9-15)21(2,3)4/h6-11,16H,5,12-13H2,1-4H3. The number of anilines is 1. The molecule has 0 spiro atoms. The van der Waals surface area contributed by atoms with Gasteiger partial charge >= 0.3 is 5.82 Å². The highest BCUT2D eigenvalue weighted by Crippen LogP contribution is 2.34. The number of carbonyl (C=O) groups excluding carboxylic acids is 1. The van der Waals surface area contributed by atoms with E-state index in [-0.39, 0.29) is 36.1 Å². The predicted molar refractivity (Wildman–Crippen MR) is 109 cm³/mol. The van der Waals surface area contributed by atoms with Crippen molar-refractivity contribution in [2.45, 2.75) is 45.6 Å². The number of hydrogen-bond acceptors (Lipinski definition) is 6.